The molecule has 126 valence electrons. The Morgan fingerprint density at radius 1 is 0.840 bits per heavy atom. The third-order valence-electron chi connectivity index (χ3n) is 4.36. The highest BCUT2D eigenvalue weighted by Gasteiger charge is 2.21. The molecule has 0 saturated carbocycles. The molecule has 0 fully saturated rings. The van der Waals surface area contributed by atoms with Gasteiger partial charge in [-0.25, -0.2) is 18.7 Å². The van der Waals surface area contributed by atoms with Crippen LogP contribution in [-0.4, -0.2) is 16.5 Å². The molecule has 3 nitrogen and oxygen atoms in total. The van der Waals surface area contributed by atoms with E-state index in [9.17, 15) is 8.78 Å². The normalized spacial score (nSPS) is 16.2. The topological polar surface area (TPSA) is 37.8 Å². The molecule has 5 heteroatoms. The minimum Gasteiger partial charge on any atom is -0.368 e. The first kappa shape index (κ1) is 15.7. The van der Waals surface area contributed by atoms with E-state index in [1.54, 1.807) is 24.3 Å². The quantitative estimate of drug-likeness (QED) is 0.737. The Bertz CT molecular complexity index is 905. The summed E-state index contributed by atoms with van der Waals surface area (Å²) in [5.41, 5.74) is 3.81. The molecule has 1 unspecified atom stereocenters. The molecule has 25 heavy (non-hydrogen) atoms. The van der Waals surface area contributed by atoms with Crippen LogP contribution in [0.4, 0.5) is 14.6 Å². The molecule has 2 heterocycles. The fourth-order valence-corrected chi connectivity index (χ4v) is 3.05. The molecule has 0 bridgehead atoms. The van der Waals surface area contributed by atoms with Crippen LogP contribution in [0.25, 0.3) is 22.5 Å². The number of nitrogens with one attached hydrogen (secondary N) is 1. The molecular weight excluding hydrogens is 320 g/mol. The van der Waals surface area contributed by atoms with Gasteiger partial charge in [0.05, 0.1) is 17.1 Å². The van der Waals surface area contributed by atoms with Crippen molar-refractivity contribution in [2.45, 2.75) is 13.3 Å². The molecule has 0 aliphatic carbocycles. The fourth-order valence-electron chi connectivity index (χ4n) is 3.05. The zero-order valence-corrected chi connectivity index (χ0v) is 13.8. The largest absolute Gasteiger partial charge is 0.368 e. The first-order valence-electron chi connectivity index (χ1n) is 8.27. The van der Waals surface area contributed by atoms with E-state index in [-0.39, 0.29) is 11.6 Å². The van der Waals surface area contributed by atoms with Gasteiger partial charge in [0.2, 0.25) is 0 Å². The van der Waals surface area contributed by atoms with Crippen molar-refractivity contribution < 1.29 is 8.78 Å². The van der Waals surface area contributed by atoms with E-state index in [0.29, 0.717) is 17.3 Å². The summed E-state index contributed by atoms with van der Waals surface area (Å²) in [6, 6.07) is 12.4. The van der Waals surface area contributed by atoms with E-state index in [4.69, 9.17) is 9.97 Å². The van der Waals surface area contributed by atoms with Crippen molar-refractivity contribution in [3.05, 3.63) is 65.9 Å². The highest BCUT2D eigenvalue weighted by molar-refractivity contribution is 5.79. The maximum absolute atomic E-state index is 13.3. The standard InChI is InChI=1S/C20H17F2N3/c1-12-10-17-20(23-11-12)25-19(14-4-8-16(22)9-5-14)18(24-17)13-2-6-15(21)7-3-13/h2-9,12H,10-11H2,1H3,(H,23,25). The van der Waals surface area contributed by atoms with Gasteiger partial charge in [-0.1, -0.05) is 6.92 Å². The van der Waals surface area contributed by atoms with Gasteiger partial charge in [-0.2, -0.15) is 0 Å². The van der Waals surface area contributed by atoms with Gasteiger partial charge >= 0.3 is 0 Å². The first-order valence-corrected chi connectivity index (χ1v) is 8.27. The van der Waals surface area contributed by atoms with Gasteiger partial charge in [0, 0.05) is 17.7 Å². The minimum absolute atomic E-state index is 0.298. The molecule has 0 radical (unpaired) electrons. The number of benzene rings is 2. The van der Waals surface area contributed by atoms with Gasteiger partial charge in [0.1, 0.15) is 17.5 Å². The SMILES string of the molecule is CC1CNc2nc(-c3ccc(F)cc3)c(-c3ccc(F)cc3)nc2C1. The third kappa shape index (κ3) is 3.09. The third-order valence-corrected chi connectivity index (χ3v) is 4.36. The Morgan fingerprint density at radius 3 is 1.92 bits per heavy atom. The molecule has 1 aliphatic rings. The summed E-state index contributed by atoms with van der Waals surface area (Å²) in [5.74, 6) is 0.640. The Kier molecular flexibility index (Phi) is 3.92. The maximum atomic E-state index is 13.3. The summed E-state index contributed by atoms with van der Waals surface area (Å²) in [6.45, 7) is 3.00. The van der Waals surface area contributed by atoms with Crippen molar-refractivity contribution in [1.29, 1.82) is 0 Å². The lowest BCUT2D eigenvalue weighted by Crippen LogP contribution is -2.23. The maximum Gasteiger partial charge on any atom is 0.148 e. The smallest absolute Gasteiger partial charge is 0.148 e. The van der Waals surface area contributed by atoms with Crippen molar-refractivity contribution in [3.8, 4) is 22.5 Å². The first-order chi connectivity index (χ1) is 12.1. The van der Waals surface area contributed by atoms with Crippen LogP contribution in [0, 0.1) is 17.6 Å². The average molecular weight is 337 g/mol. The summed E-state index contributed by atoms with van der Waals surface area (Å²) < 4.78 is 26.6. The van der Waals surface area contributed by atoms with E-state index < -0.39 is 0 Å². The fraction of sp³-hybridized carbons (Fsp3) is 0.200. The van der Waals surface area contributed by atoms with Crippen molar-refractivity contribution in [2.24, 2.45) is 5.92 Å². The summed E-state index contributed by atoms with van der Waals surface area (Å²) in [7, 11) is 0. The van der Waals surface area contributed by atoms with Crippen LogP contribution < -0.4 is 5.32 Å². The molecule has 1 atom stereocenters. The summed E-state index contributed by atoms with van der Waals surface area (Å²) >= 11 is 0. The zero-order chi connectivity index (χ0) is 17.4. The Hall–Kier alpha value is -2.82. The number of halogens is 2. The molecule has 1 N–H and O–H groups in total. The van der Waals surface area contributed by atoms with Gasteiger partial charge in [-0.3, -0.25) is 0 Å². The Labute approximate surface area is 144 Å². The zero-order valence-electron chi connectivity index (χ0n) is 13.8. The molecule has 2 aromatic carbocycles. The van der Waals surface area contributed by atoms with Crippen molar-refractivity contribution in [3.63, 3.8) is 0 Å². The second-order valence-corrected chi connectivity index (χ2v) is 6.42. The number of fused-ring (bicyclic) bond motifs is 1. The lowest BCUT2D eigenvalue weighted by molar-refractivity contribution is 0.580. The molecule has 3 aromatic rings. The van der Waals surface area contributed by atoms with Crippen molar-refractivity contribution >= 4 is 5.82 Å². The van der Waals surface area contributed by atoms with E-state index in [2.05, 4.69) is 12.2 Å². The number of hydrogen-bond donors (Lipinski definition) is 1. The van der Waals surface area contributed by atoms with Gasteiger partial charge in [-0.05, 0) is 60.9 Å². The van der Waals surface area contributed by atoms with E-state index in [1.165, 1.54) is 24.3 Å². The van der Waals surface area contributed by atoms with Crippen LogP contribution in [0.1, 0.15) is 12.6 Å². The summed E-state index contributed by atoms with van der Waals surface area (Å²) in [6.07, 6.45) is 0.841. The van der Waals surface area contributed by atoms with Crippen LogP contribution >= 0.6 is 0 Å². The molecule has 0 saturated heterocycles. The van der Waals surface area contributed by atoms with Crippen molar-refractivity contribution in [2.75, 3.05) is 11.9 Å². The summed E-state index contributed by atoms with van der Waals surface area (Å²) in [4.78, 5) is 9.58. The van der Waals surface area contributed by atoms with Crippen LogP contribution in [0.15, 0.2) is 48.5 Å². The predicted molar refractivity (Wildman–Crippen MR) is 94.2 cm³/mol. The molecule has 0 spiro atoms. The molecule has 1 aliphatic heterocycles. The Balaban J connectivity index is 1.91. The number of rotatable bonds is 2. The monoisotopic (exact) mass is 337 g/mol. The second-order valence-electron chi connectivity index (χ2n) is 6.42. The lowest BCUT2D eigenvalue weighted by Gasteiger charge is -2.23. The number of aromatic nitrogens is 2. The van der Waals surface area contributed by atoms with E-state index >= 15 is 0 Å². The van der Waals surface area contributed by atoms with Gasteiger partial charge < -0.3 is 5.32 Å². The predicted octanol–water partition coefficient (Wildman–Crippen LogP) is 4.69. The van der Waals surface area contributed by atoms with E-state index in [1.807, 2.05) is 0 Å². The van der Waals surface area contributed by atoms with Gasteiger partial charge in [0.15, 0.2) is 0 Å². The van der Waals surface area contributed by atoms with E-state index in [0.717, 1.165) is 35.6 Å². The highest BCUT2D eigenvalue weighted by atomic mass is 19.1. The summed E-state index contributed by atoms with van der Waals surface area (Å²) in [5, 5.41) is 3.31. The molecule has 4 rings (SSSR count). The van der Waals surface area contributed by atoms with Crippen molar-refractivity contribution in [1.82, 2.24) is 9.97 Å². The van der Waals surface area contributed by atoms with Gasteiger partial charge in [-0.15, -0.1) is 0 Å². The number of nitrogens with zero attached hydrogens (tertiary/aromatic N) is 2. The molecule has 0 amide bonds. The minimum atomic E-state index is -0.301. The molecular formula is C20H17F2N3. The van der Waals surface area contributed by atoms with Crippen LogP contribution in [0.2, 0.25) is 0 Å². The molecule has 1 aromatic heterocycles. The average Bonchev–Trinajstić information content (AvgIpc) is 2.62. The van der Waals surface area contributed by atoms with Crippen LogP contribution in [-0.2, 0) is 6.42 Å². The highest BCUT2D eigenvalue weighted by Crippen LogP contribution is 2.33. The van der Waals surface area contributed by atoms with Crippen LogP contribution in [0.5, 0.6) is 0 Å². The van der Waals surface area contributed by atoms with Crippen LogP contribution in [0.3, 0.4) is 0 Å². The van der Waals surface area contributed by atoms with Gasteiger partial charge in [0.25, 0.3) is 0 Å². The number of hydrogen-bond acceptors (Lipinski definition) is 3. The number of anilines is 1. The second kappa shape index (κ2) is 6.24. The Morgan fingerprint density at radius 2 is 1.36 bits per heavy atom. The lowest BCUT2D eigenvalue weighted by atomic mass is 9.99.